The minimum absolute atomic E-state index is 0.0256. The van der Waals surface area contributed by atoms with Crippen LogP contribution in [0.15, 0.2) is 29.1 Å². The number of hydrogen-bond acceptors (Lipinski definition) is 3. The van der Waals surface area contributed by atoms with Gasteiger partial charge in [-0.3, -0.25) is 13.8 Å². The molecule has 156 valence electrons. The van der Waals surface area contributed by atoms with Crippen molar-refractivity contribution < 1.29 is 4.90 Å². The highest BCUT2D eigenvalue weighted by Gasteiger charge is 2.26. The van der Waals surface area contributed by atoms with Crippen molar-refractivity contribution in [3.63, 3.8) is 0 Å². The standard InChI is InChI=1S/C22H31N5OS/c1-4-17-9-7-8-13-24(17)15-26-22(29)27-19-11-6-5-10-18(19)20(28)25(21(27)23-26)14-12-16(2)3/h5-6,10-11,16-17H,4,7-9,12-15H2,1-3H3/p+1/t17-/m1/s1. The first kappa shape index (κ1) is 20.3. The smallest absolute Gasteiger partial charge is 0.262 e. The molecule has 0 radical (unpaired) electrons. The lowest BCUT2D eigenvalue weighted by Crippen LogP contribution is -3.15. The molecule has 1 aliphatic heterocycles. The number of rotatable bonds is 6. The molecule has 0 aliphatic carbocycles. The third-order valence-electron chi connectivity index (χ3n) is 6.34. The van der Waals surface area contributed by atoms with Crippen LogP contribution in [0.4, 0.5) is 0 Å². The Morgan fingerprint density at radius 3 is 2.83 bits per heavy atom. The summed E-state index contributed by atoms with van der Waals surface area (Å²) in [7, 11) is 0. The molecular formula is C22H32N5OS+. The number of fused-ring (bicyclic) bond motifs is 3. The zero-order valence-corrected chi connectivity index (χ0v) is 18.5. The van der Waals surface area contributed by atoms with E-state index >= 15 is 0 Å². The van der Waals surface area contributed by atoms with Crippen molar-refractivity contribution in [2.45, 2.75) is 72.1 Å². The Bertz CT molecular complexity index is 1130. The van der Waals surface area contributed by atoms with E-state index in [0.717, 1.165) is 25.2 Å². The van der Waals surface area contributed by atoms with E-state index in [-0.39, 0.29) is 5.56 Å². The Morgan fingerprint density at radius 2 is 2.07 bits per heavy atom. The highest BCUT2D eigenvalue weighted by Crippen LogP contribution is 2.15. The number of likely N-dealkylation sites (tertiary alicyclic amines) is 1. The lowest BCUT2D eigenvalue weighted by atomic mass is 10.0. The summed E-state index contributed by atoms with van der Waals surface area (Å²) in [6.07, 6.45) is 5.96. The van der Waals surface area contributed by atoms with Gasteiger partial charge < -0.3 is 4.90 Å². The fourth-order valence-electron chi connectivity index (χ4n) is 4.60. The molecule has 1 fully saturated rings. The lowest BCUT2D eigenvalue weighted by Gasteiger charge is -2.31. The van der Waals surface area contributed by atoms with Crippen molar-refractivity contribution in [3.05, 3.63) is 39.4 Å². The molecule has 7 heteroatoms. The van der Waals surface area contributed by atoms with Gasteiger partial charge in [0.05, 0.1) is 23.5 Å². The SMILES string of the molecule is CC[C@@H]1CCCC[NH+]1Cn1nc2n(CCC(C)C)c(=O)c3ccccc3n2c1=S. The molecule has 2 atom stereocenters. The molecule has 0 amide bonds. The van der Waals surface area contributed by atoms with Crippen LogP contribution >= 0.6 is 12.2 Å². The van der Waals surface area contributed by atoms with Gasteiger partial charge in [-0.15, -0.1) is 5.10 Å². The number of para-hydroxylation sites is 1. The molecule has 1 unspecified atom stereocenters. The summed E-state index contributed by atoms with van der Waals surface area (Å²) in [6.45, 7) is 9.22. The second kappa shape index (κ2) is 8.40. The largest absolute Gasteiger partial charge is 0.314 e. The van der Waals surface area contributed by atoms with Crippen molar-refractivity contribution in [3.8, 4) is 0 Å². The number of hydrogen-bond donors (Lipinski definition) is 1. The van der Waals surface area contributed by atoms with E-state index < -0.39 is 0 Å². The zero-order chi connectivity index (χ0) is 20.5. The van der Waals surface area contributed by atoms with Gasteiger partial charge >= 0.3 is 0 Å². The number of benzene rings is 1. The number of aryl methyl sites for hydroxylation is 1. The summed E-state index contributed by atoms with van der Waals surface area (Å²) in [5.41, 5.74) is 0.878. The number of aromatic nitrogens is 4. The summed E-state index contributed by atoms with van der Waals surface area (Å²) in [5.74, 6) is 1.19. The summed E-state index contributed by atoms with van der Waals surface area (Å²) in [5, 5.41) is 5.59. The molecular weight excluding hydrogens is 382 g/mol. The Hall–Kier alpha value is -1.99. The molecule has 1 aliphatic rings. The van der Waals surface area contributed by atoms with Crippen molar-refractivity contribution in [2.75, 3.05) is 6.54 Å². The van der Waals surface area contributed by atoms with Gasteiger partial charge in [-0.1, -0.05) is 32.9 Å². The van der Waals surface area contributed by atoms with Crippen LogP contribution in [0.25, 0.3) is 16.7 Å². The van der Waals surface area contributed by atoms with Gasteiger partial charge in [-0.05, 0) is 62.4 Å². The van der Waals surface area contributed by atoms with E-state index in [2.05, 4.69) is 20.8 Å². The number of nitrogens with one attached hydrogen (secondary N) is 1. The fourth-order valence-corrected chi connectivity index (χ4v) is 4.89. The van der Waals surface area contributed by atoms with Gasteiger partial charge in [-0.2, -0.15) is 4.68 Å². The maximum absolute atomic E-state index is 13.2. The maximum Gasteiger partial charge on any atom is 0.262 e. The first-order valence-corrected chi connectivity index (χ1v) is 11.4. The Labute approximate surface area is 176 Å². The van der Waals surface area contributed by atoms with Crippen LogP contribution in [0.2, 0.25) is 0 Å². The van der Waals surface area contributed by atoms with E-state index in [1.807, 2.05) is 37.9 Å². The predicted molar refractivity (Wildman–Crippen MR) is 119 cm³/mol. The third kappa shape index (κ3) is 3.78. The molecule has 0 spiro atoms. The molecule has 3 aromatic rings. The minimum Gasteiger partial charge on any atom is -0.314 e. The summed E-state index contributed by atoms with van der Waals surface area (Å²) >= 11 is 5.87. The molecule has 3 heterocycles. The second-order valence-electron chi connectivity index (χ2n) is 8.74. The average Bonchev–Trinajstić information content (AvgIpc) is 3.04. The van der Waals surface area contributed by atoms with Gasteiger partial charge in [0.1, 0.15) is 0 Å². The van der Waals surface area contributed by atoms with Gasteiger partial charge in [0.2, 0.25) is 10.5 Å². The van der Waals surface area contributed by atoms with Gasteiger partial charge in [0.15, 0.2) is 6.67 Å². The quantitative estimate of drug-likeness (QED) is 0.631. The lowest BCUT2D eigenvalue weighted by molar-refractivity contribution is -0.953. The number of piperidine rings is 1. The molecule has 0 saturated carbocycles. The first-order valence-electron chi connectivity index (χ1n) is 11.0. The van der Waals surface area contributed by atoms with Crippen LogP contribution in [-0.2, 0) is 13.2 Å². The van der Waals surface area contributed by atoms with Crippen molar-refractivity contribution in [2.24, 2.45) is 5.92 Å². The summed E-state index contributed by atoms with van der Waals surface area (Å²) < 4.78 is 6.45. The minimum atomic E-state index is 0.0256. The van der Waals surface area contributed by atoms with Crippen LogP contribution in [0.1, 0.15) is 52.9 Å². The molecule has 6 nitrogen and oxygen atoms in total. The molecule has 2 aromatic heterocycles. The van der Waals surface area contributed by atoms with Crippen LogP contribution in [0.5, 0.6) is 0 Å². The number of quaternary nitrogens is 1. The molecule has 29 heavy (non-hydrogen) atoms. The first-order chi connectivity index (χ1) is 14.0. The van der Waals surface area contributed by atoms with Crippen molar-refractivity contribution in [1.29, 1.82) is 0 Å². The van der Waals surface area contributed by atoms with E-state index in [0.29, 0.717) is 34.4 Å². The Morgan fingerprint density at radius 1 is 1.28 bits per heavy atom. The number of nitrogens with zero attached hydrogens (tertiary/aromatic N) is 4. The highest BCUT2D eigenvalue weighted by atomic mass is 32.1. The monoisotopic (exact) mass is 414 g/mol. The molecule has 0 bridgehead atoms. The predicted octanol–water partition coefficient (Wildman–Crippen LogP) is 3.03. The van der Waals surface area contributed by atoms with Gasteiger partial charge in [-0.25, -0.2) is 0 Å². The fraction of sp³-hybridized carbons (Fsp3) is 0.591. The van der Waals surface area contributed by atoms with E-state index in [1.54, 1.807) is 4.90 Å². The highest BCUT2D eigenvalue weighted by molar-refractivity contribution is 7.71. The molecule has 4 rings (SSSR count). The van der Waals surface area contributed by atoms with E-state index in [9.17, 15) is 4.79 Å². The maximum atomic E-state index is 13.2. The van der Waals surface area contributed by atoms with Gasteiger partial charge in [0.25, 0.3) is 5.56 Å². The van der Waals surface area contributed by atoms with E-state index in [4.69, 9.17) is 17.3 Å². The topological polar surface area (TPSA) is 48.7 Å². The molecule has 1 N–H and O–H groups in total. The summed E-state index contributed by atoms with van der Waals surface area (Å²) in [6, 6.07) is 8.41. The second-order valence-corrected chi connectivity index (χ2v) is 9.11. The van der Waals surface area contributed by atoms with Crippen LogP contribution in [-0.4, -0.2) is 31.3 Å². The Kier molecular flexibility index (Phi) is 5.88. The van der Waals surface area contributed by atoms with E-state index in [1.165, 1.54) is 25.7 Å². The van der Waals surface area contributed by atoms with Crippen molar-refractivity contribution in [1.82, 2.24) is 18.7 Å². The summed E-state index contributed by atoms with van der Waals surface area (Å²) in [4.78, 5) is 14.8. The Balaban J connectivity index is 1.87. The average molecular weight is 415 g/mol. The van der Waals surface area contributed by atoms with Crippen LogP contribution < -0.4 is 10.5 Å². The molecule has 1 saturated heterocycles. The van der Waals surface area contributed by atoms with Crippen molar-refractivity contribution >= 4 is 28.9 Å². The van der Waals surface area contributed by atoms with Gasteiger partial charge in [0, 0.05) is 6.54 Å². The van der Waals surface area contributed by atoms with Crippen LogP contribution in [0, 0.1) is 10.7 Å². The molecule has 1 aromatic carbocycles. The normalized spacial score (nSPS) is 20.1. The third-order valence-corrected chi connectivity index (χ3v) is 6.73. The zero-order valence-electron chi connectivity index (χ0n) is 17.7. The van der Waals surface area contributed by atoms with Crippen LogP contribution in [0.3, 0.4) is 0 Å².